The lowest BCUT2D eigenvalue weighted by atomic mass is 10.2. The van der Waals surface area contributed by atoms with Crippen LogP contribution in [0.15, 0.2) is 29.4 Å². The van der Waals surface area contributed by atoms with Crippen molar-refractivity contribution in [1.82, 2.24) is 5.32 Å². The molecule has 0 aliphatic carbocycles. The predicted molar refractivity (Wildman–Crippen MR) is 68.6 cm³/mol. The normalized spacial score (nSPS) is 12.1. The van der Waals surface area contributed by atoms with Crippen LogP contribution in [0.25, 0.3) is 0 Å². The van der Waals surface area contributed by atoms with E-state index < -0.39 is 0 Å². The van der Waals surface area contributed by atoms with Crippen molar-refractivity contribution in [2.24, 2.45) is 0 Å². The third-order valence-corrected chi connectivity index (χ3v) is 3.29. The van der Waals surface area contributed by atoms with Gasteiger partial charge in [0.05, 0.1) is 5.75 Å². The Bertz CT molecular complexity index is 371. The van der Waals surface area contributed by atoms with Crippen LogP contribution in [0.1, 0.15) is 26.7 Å². The maximum absolute atomic E-state index is 11.6. The molecule has 1 rings (SSSR count). The zero-order chi connectivity index (χ0) is 12.7. The van der Waals surface area contributed by atoms with Gasteiger partial charge in [0.25, 0.3) is 5.03 Å². The highest BCUT2D eigenvalue weighted by Crippen LogP contribution is 2.11. The van der Waals surface area contributed by atoms with Gasteiger partial charge >= 0.3 is 0 Å². The van der Waals surface area contributed by atoms with Crippen molar-refractivity contribution in [2.45, 2.75) is 37.8 Å². The van der Waals surface area contributed by atoms with Crippen LogP contribution in [-0.4, -0.2) is 17.7 Å². The molecular weight excluding hydrogens is 236 g/mol. The lowest BCUT2D eigenvalue weighted by Gasteiger charge is -2.12. The molecule has 94 valence electrons. The third-order valence-electron chi connectivity index (χ3n) is 2.27. The number of pyridine rings is 1. The van der Waals surface area contributed by atoms with Crippen LogP contribution in [0, 0.1) is 5.21 Å². The molecule has 0 aliphatic rings. The van der Waals surface area contributed by atoms with E-state index in [9.17, 15) is 10.0 Å². The van der Waals surface area contributed by atoms with E-state index in [2.05, 4.69) is 12.2 Å². The van der Waals surface area contributed by atoms with Gasteiger partial charge < -0.3 is 10.5 Å². The lowest BCUT2D eigenvalue weighted by molar-refractivity contribution is -0.645. The van der Waals surface area contributed by atoms with Gasteiger partial charge in [-0.25, -0.2) is 0 Å². The Balaban J connectivity index is 2.36. The Morgan fingerprint density at radius 3 is 3.00 bits per heavy atom. The van der Waals surface area contributed by atoms with Crippen LogP contribution in [0.5, 0.6) is 0 Å². The van der Waals surface area contributed by atoms with Crippen molar-refractivity contribution in [3.63, 3.8) is 0 Å². The van der Waals surface area contributed by atoms with Gasteiger partial charge in [-0.15, -0.1) is 0 Å². The van der Waals surface area contributed by atoms with E-state index >= 15 is 0 Å². The molecule has 0 aliphatic heterocycles. The van der Waals surface area contributed by atoms with Crippen molar-refractivity contribution in [3.05, 3.63) is 29.6 Å². The van der Waals surface area contributed by atoms with Crippen LogP contribution >= 0.6 is 11.8 Å². The molecule has 1 atom stereocenters. The zero-order valence-corrected chi connectivity index (χ0v) is 11.0. The summed E-state index contributed by atoms with van der Waals surface area (Å²) in [6, 6.07) is 5.36. The van der Waals surface area contributed by atoms with Crippen LogP contribution in [0.3, 0.4) is 0 Å². The van der Waals surface area contributed by atoms with Crippen LogP contribution in [0.4, 0.5) is 0 Å². The quantitative estimate of drug-likeness (QED) is 0.478. The van der Waals surface area contributed by atoms with E-state index in [0.717, 1.165) is 17.6 Å². The average molecular weight is 254 g/mol. The maximum Gasteiger partial charge on any atom is 0.251 e. The molecule has 0 fully saturated rings. The smallest absolute Gasteiger partial charge is 0.251 e. The Morgan fingerprint density at radius 1 is 1.59 bits per heavy atom. The summed E-state index contributed by atoms with van der Waals surface area (Å²) in [7, 11) is 0. The van der Waals surface area contributed by atoms with E-state index in [1.54, 1.807) is 18.2 Å². The monoisotopic (exact) mass is 254 g/mol. The van der Waals surface area contributed by atoms with Crippen LogP contribution in [-0.2, 0) is 4.79 Å². The summed E-state index contributed by atoms with van der Waals surface area (Å²) in [5.41, 5.74) is 0. The van der Waals surface area contributed by atoms with E-state index in [1.165, 1.54) is 18.0 Å². The summed E-state index contributed by atoms with van der Waals surface area (Å²) in [5.74, 6) is 0.250. The highest BCUT2D eigenvalue weighted by Gasteiger charge is 2.10. The van der Waals surface area contributed by atoms with Gasteiger partial charge in [-0.2, -0.15) is 4.73 Å². The number of carbonyl (C=O) groups is 1. The van der Waals surface area contributed by atoms with Crippen molar-refractivity contribution in [2.75, 3.05) is 5.75 Å². The van der Waals surface area contributed by atoms with Gasteiger partial charge in [0.1, 0.15) is 0 Å². The Kier molecular flexibility index (Phi) is 5.83. The van der Waals surface area contributed by atoms with Gasteiger partial charge in [0, 0.05) is 18.2 Å². The molecule has 4 nitrogen and oxygen atoms in total. The molecule has 0 unspecified atom stereocenters. The van der Waals surface area contributed by atoms with Gasteiger partial charge in [-0.3, -0.25) is 4.79 Å². The van der Waals surface area contributed by atoms with E-state index in [1.807, 2.05) is 6.92 Å². The van der Waals surface area contributed by atoms with E-state index in [4.69, 9.17) is 0 Å². The highest BCUT2D eigenvalue weighted by molar-refractivity contribution is 7.99. The fourth-order valence-corrected chi connectivity index (χ4v) is 2.21. The number of nitrogens with one attached hydrogen (secondary N) is 1. The number of carbonyl (C=O) groups excluding carboxylic acids is 1. The molecule has 17 heavy (non-hydrogen) atoms. The minimum Gasteiger partial charge on any atom is -0.618 e. The SMILES string of the molecule is CCC[C@H](C)NC(=O)CSc1cccc[n+]1[O-]. The topological polar surface area (TPSA) is 56.0 Å². The maximum atomic E-state index is 11.6. The number of thioether (sulfide) groups is 1. The molecule has 0 aromatic carbocycles. The molecule has 1 heterocycles. The first-order chi connectivity index (χ1) is 8.13. The fourth-order valence-electron chi connectivity index (χ4n) is 1.49. The molecule has 5 heteroatoms. The second-order valence-electron chi connectivity index (χ2n) is 3.91. The van der Waals surface area contributed by atoms with Crippen LogP contribution in [0.2, 0.25) is 0 Å². The van der Waals surface area contributed by atoms with Crippen LogP contribution < -0.4 is 10.0 Å². The minimum atomic E-state index is -0.0280. The predicted octanol–water partition coefficient (Wildman–Crippen LogP) is 1.72. The molecule has 0 spiro atoms. The van der Waals surface area contributed by atoms with Crippen molar-refractivity contribution in [1.29, 1.82) is 0 Å². The number of nitrogens with zero attached hydrogens (tertiary/aromatic N) is 1. The molecule has 0 radical (unpaired) electrons. The van der Waals surface area contributed by atoms with Gasteiger partial charge in [-0.1, -0.05) is 13.3 Å². The number of rotatable bonds is 6. The number of hydrogen-bond acceptors (Lipinski definition) is 3. The summed E-state index contributed by atoms with van der Waals surface area (Å²) in [4.78, 5) is 11.6. The molecule has 1 aromatic heterocycles. The summed E-state index contributed by atoms with van der Waals surface area (Å²) < 4.78 is 0.771. The summed E-state index contributed by atoms with van der Waals surface area (Å²) in [6.07, 6.45) is 3.46. The molecule has 0 bridgehead atoms. The van der Waals surface area contributed by atoms with Gasteiger partial charge in [0.2, 0.25) is 5.91 Å². The second-order valence-corrected chi connectivity index (χ2v) is 4.91. The first-order valence-corrected chi connectivity index (χ1v) is 6.72. The highest BCUT2D eigenvalue weighted by atomic mass is 32.2. The summed E-state index contributed by atoms with van der Waals surface area (Å²) in [6.45, 7) is 4.07. The molecule has 0 saturated heterocycles. The Hall–Kier alpha value is -1.23. The summed E-state index contributed by atoms with van der Waals surface area (Å²) >= 11 is 1.25. The van der Waals surface area contributed by atoms with Crippen molar-refractivity contribution in [3.8, 4) is 0 Å². The lowest BCUT2D eigenvalue weighted by Crippen LogP contribution is -2.34. The molecule has 1 aromatic rings. The number of hydrogen-bond donors (Lipinski definition) is 1. The Morgan fingerprint density at radius 2 is 2.35 bits per heavy atom. The Labute approximate surface area is 106 Å². The average Bonchev–Trinajstić information content (AvgIpc) is 2.28. The number of amides is 1. The molecule has 1 amide bonds. The third kappa shape index (κ3) is 5.08. The molecular formula is C12H18N2O2S. The molecule has 1 N–H and O–H groups in total. The first kappa shape index (κ1) is 13.8. The van der Waals surface area contributed by atoms with Gasteiger partial charge in [0.15, 0.2) is 6.20 Å². The number of aromatic nitrogens is 1. The summed E-state index contributed by atoms with van der Waals surface area (Å²) in [5, 5.41) is 14.8. The first-order valence-electron chi connectivity index (χ1n) is 5.73. The second kappa shape index (κ2) is 7.17. The van der Waals surface area contributed by atoms with E-state index in [-0.39, 0.29) is 17.7 Å². The van der Waals surface area contributed by atoms with Crippen molar-refractivity contribution >= 4 is 17.7 Å². The minimum absolute atomic E-state index is 0.0280. The molecule has 0 saturated carbocycles. The zero-order valence-electron chi connectivity index (χ0n) is 10.2. The largest absolute Gasteiger partial charge is 0.618 e. The van der Waals surface area contributed by atoms with Gasteiger partial charge in [-0.05, 0) is 31.2 Å². The standard InChI is InChI=1S/C12H18N2O2S/c1-3-6-10(2)13-11(15)9-17-12-7-4-5-8-14(12)16/h4-5,7-8,10H,3,6,9H2,1-2H3,(H,13,15)/t10-/m0/s1. The van der Waals surface area contributed by atoms with Crippen molar-refractivity contribution < 1.29 is 9.52 Å². The fraction of sp³-hybridized carbons (Fsp3) is 0.500. The van der Waals surface area contributed by atoms with E-state index in [0.29, 0.717) is 5.03 Å².